The normalized spacial score (nSPS) is 10.9. The van der Waals surface area contributed by atoms with Gasteiger partial charge in [0, 0.05) is 17.8 Å². The molecule has 0 aromatic heterocycles. The minimum absolute atomic E-state index is 0.0305. The first-order chi connectivity index (χ1) is 10.6. The summed E-state index contributed by atoms with van der Waals surface area (Å²) in [6.07, 6.45) is 3.43. The van der Waals surface area contributed by atoms with E-state index in [1.807, 2.05) is 74.5 Å². The van der Waals surface area contributed by atoms with Crippen LogP contribution in [0, 0.1) is 0 Å². The highest BCUT2D eigenvalue weighted by Crippen LogP contribution is 2.18. The number of carbonyl (C=O) groups is 1. The van der Waals surface area contributed by atoms with Crippen LogP contribution in [0.4, 0.5) is 5.69 Å². The molecule has 0 atom stereocenters. The lowest BCUT2D eigenvalue weighted by molar-refractivity contribution is -0.114. The summed E-state index contributed by atoms with van der Waals surface area (Å²) < 4.78 is 5.12. The van der Waals surface area contributed by atoms with Crippen LogP contribution in [0.3, 0.4) is 0 Å². The summed E-state index contributed by atoms with van der Waals surface area (Å²) in [7, 11) is 1.63. The number of para-hydroxylation sites is 1. The molecule has 0 saturated carbocycles. The van der Waals surface area contributed by atoms with Crippen LogP contribution in [0.5, 0.6) is 5.75 Å². The number of carbonyl (C=O) groups excluding carboxylic acids is 1. The van der Waals surface area contributed by atoms with Crippen LogP contribution in [0.1, 0.15) is 19.4 Å². The quantitative estimate of drug-likeness (QED) is 0.776. The summed E-state index contributed by atoms with van der Waals surface area (Å²) in [5, 5.41) is 0. The number of benzene rings is 2. The first-order valence-corrected chi connectivity index (χ1v) is 7.32. The molecule has 0 heterocycles. The number of methoxy groups -OCH3 is 1. The Kier molecular flexibility index (Phi) is 5.37. The maximum Gasteiger partial charge on any atom is 0.251 e. The lowest BCUT2D eigenvalue weighted by Gasteiger charge is -2.25. The predicted molar refractivity (Wildman–Crippen MR) is 91.1 cm³/mol. The highest BCUT2D eigenvalue weighted by molar-refractivity contribution is 6.04. The van der Waals surface area contributed by atoms with E-state index in [4.69, 9.17) is 4.74 Å². The minimum atomic E-state index is -0.0305. The number of ether oxygens (including phenoxy) is 1. The molecule has 0 aliphatic rings. The Bertz CT molecular complexity index is 630. The molecule has 2 aromatic rings. The van der Waals surface area contributed by atoms with Gasteiger partial charge in [0.2, 0.25) is 0 Å². The van der Waals surface area contributed by atoms with Crippen LogP contribution in [0.2, 0.25) is 0 Å². The molecule has 3 heteroatoms. The van der Waals surface area contributed by atoms with Gasteiger partial charge in [0.15, 0.2) is 0 Å². The van der Waals surface area contributed by atoms with Crippen molar-refractivity contribution in [3.8, 4) is 5.75 Å². The Hall–Kier alpha value is -2.55. The number of nitrogens with zero attached hydrogens (tertiary/aromatic N) is 1. The highest BCUT2D eigenvalue weighted by atomic mass is 16.5. The lowest BCUT2D eigenvalue weighted by Crippen LogP contribution is -2.35. The van der Waals surface area contributed by atoms with Gasteiger partial charge in [-0.25, -0.2) is 0 Å². The van der Waals surface area contributed by atoms with E-state index < -0.39 is 0 Å². The number of hydrogen-bond acceptors (Lipinski definition) is 2. The zero-order valence-corrected chi connectivity index (χ0v) is 13.2. The lowest BCUT2D eigenvalue weighted by atomic mass is 10.2. The predicted octanol–water partition coefficient (Wildman–Crippen LogP) is 4.15. The molecular formula is C19H21NO2. The number of anilines is 1. The van der Waals surface area contributed by atoms with Crippen LogP contribution in [0.15, 0.2) is 60.7 Å². The molecule has 114 valence electrons. The maximum atomic E-state index is 12.5. The Morgan fingerprint density at radius 3 is 2.23 bits per heavy atom. The van der Waals surface area contributed by atoms with E-state index in [2.05, 4.69) is 0 Å². The Morgan fingerprint density at radius 1 is 1.05 bits per heavy atom. The van der Waals surface area contributed by atoms with E-state index in [0.29, 0.717) is 0 Å². The first-order valence-electron chi connectivity index (χ1n) is 7.32. The molecule has 2 rings (SSSR count). The molecule has 0 bridgehead atoms. The largest absolute Gasteiger partial charge is 0.497 e. The summed E-state index contributed by atoms with van der Waals surface area (Å²) in [6, 6.07) is 17.4. The molecule has 0 N–H and O–H groups in total. The monoisotopic (exact) mass is 295 g/mol. The third-order valence-electron chi connectivity index (χ3n) is 3.32. The second-order valence-electron chi connectivity index (χ2n) is 5.24. The van der Waals surface area contributed by atoms with Gasteiger partial charge in [-0.15, -0.1) is 0 Å². The summed E-state index contributed by atoms with van der Waals surface area (Å²) in [4.78, 5) is 14.3. The average molecular weight is 295 g/mol. The van der Waals surface area contributed by atoms with Gasteiger partial charge >= 0.3 is 0 Å². The van der Waals surface area contributed by atoms with Crippen LogP contribution >= 0.6 is 0 Å². The smallest absolute Gasteiger partial charge is 0.251 e. The number of amides is 1. The molecular weight excluding hydrogens is 274 g/mol. The van der Waals surface area contributed by atoms with Crippen molar-refractivity contribution in [3.63, 3.8) is 0 Å². The molecule has 0 unspecified atom stereocenters. The van der Waals surface area contributed by atoms with Crippen molar-refractivity contribution in [1.29, 1.82) is 0 Å². The first kappa shape index (κ1) is 15.8. The van der Waals surface area contributed by atoms with Gasteiger partial charge in [0.25, 0.3) is 5.91 Å². The van der Waals surface area contributed by atoms with Crippen molar-refractivity contribution in [2.75, 3.05) is 12.0 Å². The van der Waals surface area contributed by atoms with Crippen LogP contribution in [-0.2, 0) is 4.79 Å². The zero-order valence-electron chi connectivity index (χ0n) is 13.2. The zero-order chi connectivity index (χ0) is 15.9. The van der Waals surface area contributed by atoms with Gasteiger partial charge in [0.05, 0.1) is 7.11 Å². The minimum Gasteiger partial charge on any atom is -0.497 e. The van der Waals surface area contributed by atoms with E-state index in [0.717, 1.165) is 17.0 Å². The third kappa shape index (κ3) is 3.98. The van der Waals surface area contributed by atoms with E-state index in [1.165, 1.54) is 0 Å². The van der Waals surface area contributed by atoms with Crippen LogP contribution in [0.25, 0.3) is 6.08 Å². The van der Waals surface area contributed by atoms with Crippen molar-refractivity contribution in [1.82, 2.24) is 0 Å². The Morgan fingerprint density at radius 2 is 1.68 bits per heavy atom. The van der Waals surface area contributed by atoms with Gasteiger partial charge in [-0.1, -0.05) is 30.3 Å². The number of hydrogen-bond donors (Lipinski definition) is 0. The summed E-state index contributed by atoms with van der Waals surface area (Å²) in [5.74, 6) is 0.772. The molecule has 0 fully saturated rings. The van der Waals surface area contributed by atoms with Crippen molar-refractivity contribution < 1.29 is 9.53 Å². The van der Waals surface area contributed by atoms with Crippen molar-refractivity contribution >= 4 is 17.7 Å². The fourth-order valence-corrected chi connectivity index (χ4v) is 2.23. The van der Waals surface area contributed by atoms with E-state index in [1.54, 1.807) is 18.1 Å². The molecule has 0 aliphatic carbocycles. The maximum absolute atomic E-state index is 12.5. The topological polar surface area (TPSA) is 29.5 Å². The number of rotatable bonds is 5. The molecule has 0 spiro atoms. The van der Waals surface area contributed by atoms with Gasteiger partial charge in [-0.05, 0) is 49.8 Å². The van der Waals surface area contributed by atoms with E-state index in [9.17, 15) is 4.79 Å². The van der Waals surface area contributed by atoms with Crippen molar-refractivity contribution in [3.05, 3.63) is 66.2 Å². The second-order valence-corrected chi connectivity index (χ2v) is 5.24. The van der Waals surface area contributed by atoms with Crippen LogP contribution in [-0.4, -0.2) is 19.1 Å². The summed E-state index contributed by atoms with van der Waals surface area (Å²) in [6.45, 7) is 4.01. The summed E-state index contributed by atoms with van der Waals surface area (Å²) in [5.41, 5.74) is 1.87. The van der Waals surface area contributed by atoms with E-state index in [-0.39, 0.29) is 11.9 Å². The average Bonchev–Trinajstić information content (AvgIpc) is 2.54. The molecule has 3 nitrogen and oxygen atoms in total. The van der Waals surface area contributed by atoms with Crippen molar-refractivity contribution in [2.45, 2.75) is 19.9 Å². The standard InChI is InChI=1S/C19H21NO2/c1-15(2)20(17-7-5-4-6-8-17)19(21)14-11-16-9-12-18(22-3)13-10-16/h4-15H,1-3H3/b14-11+. The SMILES string of the molecule is COc1ccc(/C=C/C(=O)N(c2ccccc2)C(C)C)cc1. The molecule has 0 aliphatic heterocycles. The fraction of sp³-hybridized carbons (Fsp3) is 0.211. The van der Waals surface area contributed by atoms with Gasteiger partial charge in [-0.3, -0.25) is 4.79 Å². The van der Waals surface area contributed by atoms with Gasteiger partial charge in [0.1, 0.15) is 5.75 Å². The molecule has 22 heavy (non-hydrogen) atoms. The van der Waals surface area contributed by atoms with Crippen molar-refractivity contribution in [2.24, 2.45) is 0 Å². The summed E-state index contributed by atoms with van der Waals surface area (Å²) >= 11 is 0. The molecule has 0 saturated heterocycles. The Labute approximate surface area is 131 Å². The molecule has 1 amide bonds. The second kappa shape index (κ2) is 7.46. The van der Waals surface area contributed by atoms with Gasteiger partial charge < -0.3 is 9.64 Å². The highest BCUT2D eigenvalue weighted by Gasteiger charge is 2.16. The third-order valence-corrected chi connectivity index (χ3v) is 3.32. The molecule has 2 aromatic carbocycles. The fourth-order valence-electron chi connectivity index (χ4n) is 2.23. The Balaban J connectivity index is 2.15. The van der Waals surface area contributed by atoms with Crippen LogP contribution < -0.4 is 9.64 Å². The van der Waals surface area contributed by atoms with E-state index >= 15 is 0 Å². The molecule has 0 radical (unpaired) electrons. The van der Waals surface area contributed by atoms with Gasteiger partial charge in [-0.2, -0.15) is 0 Å².